The number of benzene rings is 1. The van der Waals surface area contributed by atoms with Crippen LogP contribution in [0.15, 0.2) is 29.2 Å². The topological polar surface area (TPSA) is 58.2 Å². The van der Waals surface area contributed by atoms with Gasteiger partial charge in [0.2, 0.25) is 10.0 Å². The fourth-order valence-corrected chi connectivity index (χ4v) is 4.23. The average molecular weight is 310 g/mol. The zero-order valence-corrected chi connectivity index (χ0v) is 13.6. The van der Waals surface area contributed by atoms with Gasteiger partial charge in [-0.2, -0.15) is 0 Å². The molecule has 0 saturated heterocycles. The molecule has 0 unspecified atom stereocenters. The molecule has 4 nitrogen and oxygen atoms in total. The number of nitrogens with one attached hydrogen (secondary N) is 2. The van der Waals surface area contributed by atoms with Gasteiger partial charge in [-0.25, -0.2) is 13.1 Å². The second-order valence-electron chi connectivity index (χ2n) is 5.72. The molecule has 1 aromatic carbocycles. The summed E-state index contributed by atoms with van der Waals surface area (Å²) in [5.41, 5.74) is 0.827. The van der Waals surface area contributed by atoms with Crippen LogP contribution < -0.4 is 10.0 Å². The van der Waals surface area contributed by atoms with E-state index in [2.05, 4.69) is 10.0 Å². The number of rotatable bonds is 8. The highest BCUT2D eigenvalue weighted by molar-refractivity contribution is 7.89. The highest BCUT2D eigenvalue weighted by Crippen LogP contribution is 2.27. The molecule has 1 aromatic rings. The van der Waals surface area contributed by atoms with Crippen LogP contribution in [0.4, 0.5) is 0 Å². The Hall–Kier alpha value is -0.910. The SMILES string of the molecule is CCNCc1ccccc1S(=O)(=O)NCCC1CCCC1. The van der Waals surface area contributed by atoms with Gasteiger partial charge < -0.3 is 5.32 Å². The third-order valence-corrected chi connectivity index (χ3v) is 5.71. The molecule has 1 aliphatic rings. The Kier molecular flexibility index (Phi) is 6.21. The first kappa shape index (κ1) is 16.5. The molecule has 5 heteroatoms. The summed E-state index contributed by atoms with van der Waals surface area (Å²) in [4.78, 5) is 0.400. The quantitative estimate of drug-likeness (QED) is 0.776. The lowest BCUT2D eigenvalue weighted by Gasteiger charge is -2.13. The van der Waals surface area contributed by atoms with Gasteiger partial charge in [0.1, 0.15) is 0 Å². The van der Waals surface area contributed by atoms with E-state index >= 15 is 0 Å². The lowest BCUT2D eigenvalue weighted by atomic mass is 10.1. The van der Waals surface area contributed by atoms with E-state index in [1.54, 1.807) is 12.1 Å². The van der Waals surface area contributed by atoms with Gasteiger partial charge in [-0.15, -0.1) is 0 Å². The van der Waals surface area contributed by atoms with Crippen LogP contribution in [0.1, 0.15) is 44.6 Å². The van der Waals surface area contributed by atoms with Crippen LogP contribution in [-0.4, -0.2) is 21.5 Å². The molecule has 1 aliphatic carbocycles. The maximum Gasteiger partial charge on any atom is 0.240 e. The Bertz CT molecular complexity index is 537. The zero-order valence-electron chi connectivity index (χ0n) is 12.8. The van der Waals surface area contributed by atoms with E-state index in [1.165, 1.54) is 25.7 Å². The van der Waals surface area contributed by atoms with Crippen molar-refractivity contribution in [2.24, 2.45) is 5.92 Å². The van der Waals surface area contributed by atoms with Crippen molar-refractivity contribution in [2.75, 3.05) is 13.1 Å². The third kappa shape index (κ3) is 4.80. The number of sulfonamides is 1. The number of hydrogen-bond donors (Lipinski definition) is 2. The lowest BCUT2D eigenvalue weighted by molar-refractivity contribution is 0.495. The van der Waals surface area contributed by atoms with Crippen LogP contribution in [0.3, 0.4) is 0 Å². The maximum absolute atomic E-state index is 12.5. The van der Waals surface area contributed by atoms with Gasteiger partial charge >= 0.3 is 0 Å². The summed E-state index contributed by atoms with van der Waals surface area (Å²) in [5.74, 6) is 0.699. The van der Waals surface area contributed by atoms with Crippen molar-refractivity contribution >= 4 is 10.0 Å². The molecule has 0 atom stereocenters. The highest BCUT2D eigenvalue weighted by Gasteiger charge is 2.19. The Morgan fingerprint density at radius 2 is 1.90 bits per heavy atom. The van der Waals surface area contributed by atoms with Crippen molar-refractivity contribution in [1.82, 2.24) is 10.0 Å². The first-order chi connectivity index (χ1) is 10.1. The van der Waals surface area contributed by atoms with E-state index < -0.39 is 10.0 Å². The Morgan fingerprint density at radius 3 is 2.62 bits per heavy atom. The van der Waals surface area contributed by atoms with E-state index in [0.29, 0.717) is 23.9 Å². The molecular formula is C16H26N2O2S. The Labute approximate surface area is 128 Å². The molecule has 1 saturated carbocycles. The molecule has 0 aromatic heterocycles. The summed E-state index contributed by atoms with van der Waals surface area (Å²) in [6.07, 6.45) is 6.04. The highest BCUT2D eigenvalue weighted by atomic mass is 32.2. The Morgan fingerprint density at radius 1 is 1.19 bits per heavy atom. The fourth-order valence-electron chi connectivity index (χ4n) is 2.95. The van der Waals surface area contributed by atoms with E-state index in [4.69, 9.17) is 0 Å². The minimum Gasteiger partial charge on any atom is -0.313 e. The predicted molar refractivity (Wildman–Crippen MR) is 85.6 cm³/mol. The fraction of sp³-hybridized carbons (Fsp3) is 0.625. The van der Waals surface area contributed by atoms with Crippen molar-refractivity contribution in [3.8, 4) is 0 Å². The van der Waals surface area contributed by atoms with Crippen LogP contribution in [0.25, 0.3) is 0 Å². The minimum absolute atomic E-state index is 0.400. The molecule has 0 radical (unpaired) electrons. The molecular weight excluding hydrogens is 284 g/mol. The molecule has 1 fully saturated rings. The van der Waals surface area contributed by atoms with Gasteiger partial charge in [-0.3, -0.25) is 0 Å². The second kappa shape index (κ2) is 7.92. The van der Waals surface area contributed by atoms with Gasteiger partial charge in [0, 0.05) is 13.1 Å². The van der Waals surface area contributed by atoms with Crippen molar-refractivity contribution in [3.63, 3.8) is 0 Å². The number of hydrogen-bond acceptors (Lipinski definition) is 3. The van der Waals surface area contributed by atoms with Crippen molar-refractivity contribution in [1.29, 1.82) is 0 Å². The molecule has 118 valence electrons. The standard InChI is InChI=1S/C16H26N2O2S/c1-2-17-13-15-9-5-6-10-16(15)21(19,20)18-12-11-14-7-3-4-8-14/h5-6,9-10,14,17-18H,2-4,7-8,11-13H2,1H3. The molecule has 2 N–H and O–H groups in total. The summed E-state index contributed by atoms with van der Waals surface area (Å²) in [5, 5.41) is 3.19. The molecule has 0 aliphatic heterocycles. The van der Waals surface area contributed by atoms with Gasteiger partial charge in [0.05, 0.1) is 4.90 Å². The average Bonchev–Trinajstić information content (AvgIpc) is 2.98. The summed E-state index contributed by atoms with van der Waals surface area (Å²) in [6, 6.07) is 7.21. The third-order valence-electron chi connectivity index (χ3n) is 4.15. The van der Waals surface area contributed by atoms with Gasteiger partial charge in [-0.05, 0) is 30.5 Å². The monoisotopic (exact) mass is 310 g/mol. The van der Waals surface area contributed by atoms with Crippen molar-refractivity contribution < 1.29 is 8.42 Å². The predicted octanol–water partition coefficient (Wildman–Crippen LogP) is 2.65. The normalized spacial score (nSPS) is 16.4. The molecule has 21 heavy (non-hydrogen) atoms. The van der Waals surface area contributed by atoms with Gasteiger partial charge in [0.25, 0.3) is 0 Å². The summed E-state index contributed by atoms with van der Waals surface area (Å²) in [7, 11) is -3.40. The van der Waals surface area contributed by atoms with E-state index in [1.807, 2.05) is 19.1 Å². The van der Waals surface area contributed by atoms with Crippen LogP contribution >= 0.6 is 0 Å². The first-order valence-corrected chi connectivity index (χ1v) is 9.40. The van der Waals surface area contributed by atoms with Crippen molar-refractivity contribution in [2.45, 2.75) is 50.5 Å². The van der Waals surface area contributed by atoms with Crippen LogP contribution in [-0.2, 0) is 16.6 Å². The largest absolute Gasteiger partial charge is 0.313 e. The summed E-state index contributed by atoms with van der Waals surface area (Å²) < 4.78 is 27.7. The van der Waals surface area contributed by atoms with Gasteiger partial charge in [0.15, 0.2) is 0 Å². The smallest absolute Gasteiger partial charge is 0.240 e. The minimum atomic E-state index is -3.40. The molecule has 0 heterocycles. The van der Waals surface area contributed by atoms with E-state index in [-0.39, 0.29) is 0 Å². The lowest BCUT2D eigenvalue weighted by Crippen LogP contribution is -2.27. The van der Waals surface area contributed by atoms with Crippen molar-refractivity contribution in [3.05, 3.63) is 29.8 Å². The maximum atomic E-state index is 12.5. The summed E-state index contributed by atoms with van der Waals surface area (Å²) >= 11 is 0. The summed E-state index contributed by atoms with van der Waals surface area (Å²) in [6.45, 7) is 3.96. The van der Waals surface area contributed by atoms with Crippen LogP contribution in [0.5, 0.6) is 0 Å². The zero-order chi connectivity index (χ0) is 15.1. The second-order valence-corrected chi connectivity index (χ2v) is 7.46. The first-order valence-electron chi connectivity index (χ1n) is 7.91. The van der Waals surface area contributed by atoms with E-state index in [0.717, 1.165) is 18.5 Å². The van der Waals surface area contributed by atoms with E-state index in [9.17, 15) is 8.42 Å². The van der Waals surface area contributed by atoms with Crippen LogP contribution in [0, 0.1) is 5.92 Å². The molecule has 2 rings (SSSR count). The van der Waals surface area contributed by atoms with Gasteiger partial charge in [-0.1, -0.05) is 50.8 Å². The molecule has 0 spiro atoms. The molecule has 0 bridgehead atoms. The molecule has 0 amide bonds. The Balaban J connectivity index is 1.97. The van der Waals surface area contributed by atoms with Crippen LogP contribution in [0.2, 0.25) is 0 Å².